The van der Waals surface area contributed by atoms with Crippen molar-refractivity contribution in [2.75, 3.05) is 0 Å². The van der Waals surface area contributed by atoms with E-state index in [-0.39, 0.29) is 0 Å². The third kappa shape index (κ3) is 4.04. The quantitative estimate of drug-likeness (QED) is 0.164. The zero-order valence-electron chi connectivity index (χ0n) is 27.0. The van der Waals surface area contributed by atoms with Crippen LogP contribution in [0.15, 0.2) is 170 Å². The lowest BCUT2D eigenvalue weighted by atomic mass is 9.85. The molecule has 0 aliphatic rings. The molecule has 0 spiro atoms. The number of fused-ring (bicyclic) bond motifs is 12. The van der Waals surface area contributed by atoms with Crippen molar-refractivity contribution < 1.29 is 0 Å². The van der Waals surface area contributed by atoms with Gasteiger partial charge in [0.25, 0.3) is 0 Å². The molecule has 0 N–H and O–H groups in total. The van der Waals surface area contributed by atoms with Crippen LogP contribution in [0.25, 0.3) is 106 Å². The van der Waals surface area contributed by atoms with E-state index in [1.54, 1.807) is 0 Å². The van der Waals surface area contributed by atoms with E-state index in [1.165, 1.54) is 106 Å². The lowest BCUT2D eigenvalue weighted by molar-refractivity contribution is 1.61. The molecule has 2 heteroatoms. The Labute approximate surface area is 297 Å². The van der Waals surface area contributed by atoms with Crippen molar-refractivity contribution in [1.29, 1.82) is 0 Å². The first-order valence-electron chi connectivity index (χ1n) is 17.1. The van der Waals surface area contributed by atoms with Gasteiger partial charge in [-0.05, 0) is 73.1 Å². The SMILES string of the molecule is c1ccc(-c2cccc(-c3c4ccccc4c(-c4ccc5c(c4)sc4c6ccccc6c6sc7ccccc7c6c54)c4ccccc34)c2)cc1. The van der Waals surface area contributed by atoms with Crippen LogP contribution in [0.1, 0.15) is 0 Å². The van der Waals surface area contributed by atoms with Crippen LogP contribution < -0.4 is 0 Å². The third-order valence-electron chi connectivity index (χ3n) is 10.4. The van der Waals surface area contributed by atoms with Crippen LogP contribution in [-0.2, 0) is 0 Å². The van der Waals surface area contributed by atoms with Gasteiger partial charge in [-0.3, -0.25) is 0 Å². The van der Waals surface area contributed by atoms with Crippen LogP contribution in [0.5, 0.6) is 0 Å². The van der Waals surface area contributed by atoms with Crippen molar-refractivity contribution in [2.45, 2.75) is 0 Å². The van der Waals surface area contributed by atoms with Crippen LogP contribution in [0.2, 0.25) is 0 Å². The number of thiophene rings is 2. The summed E-state index contributed by atoms with van der Waals surface area (Å²) in [5.74, 6) is 0. The Morgan fingerprint density at radius 3 is 1.32 bits per heavy atom. The maximum absolute atomic E-state index is 2.46. The average molecular weight is 669 g/mol. The van der Waals surface area contributed by atoms with Gasteiger partial charge in [0.1, 0.15) is 0 Å². The number of benzene rings is 9. The van der Waals surface area contributed by atoms with Gasteiger partial charge in [-0.25, -0.2) is 0 Å². The van der Waals surface area contributed by atoms with E-state index >= 15 is 0 Å². The largest absolute Gasteiger partial charge is 0.135 e. The predicted octanol–water partition coefficient (Wildman–Crippen LogP) is 14.9. The summed E-state index contributed by atoms with van der Waals surface area (Å²) in [7, 11) is 0. The van der Waals surface area contributed by atoms with E-state index in [0.29, 0.717) is 0 Å². The van der Waals surface area contributed by atoms with E-state index in [1.807, 2.05) is 22.7 Å². The summed E-state index contributed by atoms with van der Waals surface area (Å²) in [6, 6.07) is 62.8. The predicted molar refractivity (Wildman–Crippen MR) is 221 cm³/mol. The zero-order valence-corrected chi connectivity index (χ0v) is 28.6. The highest BCUT2D eigenvalue weighted by Gasteiger charge is 2.21. The third-order valence-corrected chi connectivity index (χ3v) is 12.8. The van der Waals surface area contributed by atoms with Crippen molar-refractivity contribution in [1.82, 2.24) is 0 Å². The highest BCUT2D eigenvalue weighted by molar-refractivity contribution is 7.29. The van der Waals surface area contributed by atoms with Crippen LogP contribution in [0.4, 0.5) is 0 Å². The van der Waals surface area contributed by atoms with Gasteiger partial charge in [-0.1, -0.05) is 152 Å². The molecule has 0 radical (unpaired) electrons. The zero-order chi connectivity index (χ0) is 32.8. The molecule has 0 saturated carbocycles. The summed E-state index contributed by atoms with van der Waals surface area (Å²) in [6.07, 6.45) is 0. The molecule has 0 saturated heterocycles. The molecule has 0 aliphatic heterocycles. The van der Waals surface area contributed by atoms with E-state index in [4.69, 9.17) is 0 Å². The molecule has 0 bridgehead atoms. The lowest BCUT2D eigenvalue weighted by Crippen LogP contribution is -1.91. The lowest BCUT2D eigenvalue weighted by Gasteiger charge is -2.18. The minimum atomic E-state index is 1.23. The first-order chi connectivity index (χ1) is 24.8. The van der Waals surface area contributed by atoms with Gasteiger partial charge in [0, 0.05) is 51.1 Å². The van der Waals surface area contributed by atoms with Crippen LogP contribution in [0, 0.1) is 0 Å². The van der Waals surface area contributed by atoms with Crippen LogP contribution in [-0.4, -0.2) is 0 Å². The number of rotatable bonds is 3. The standard InChI is InChI=1S/C48H28S2/c1-2-13-29(14-3-1)30-15-12-16-31(27-30)43-33-17-4-6-19-35(33)44(36-20-7-5-18-34(36)43)32-25-26-40-42(28-32)50-48-38-22-9-8-21-37(38)47-45(46(40)48)39-23-10-11-24-41(39)49-47/h1-28H. The minimum Gasteiger partial charge on any atom is -0.135 e. The van der Waals surface area contributed by atoms with Gasteiger partial charge in [-0.2, -0.15) is 0 Å². The monoisotopic (exact) mass is 668 g/mol. The maximum Gasteiger partial charge on any atom is 0.0441 e. The molecule has 11 rings (SSSR count). The van der Waals surface area contributed by atoms with Crippen molar-refractivity contribution >= 4 is 95.3 Å². The fraction of sp³-hybridized carbons (Fsp3) is 0. The van der Waals surface area contributed by atoms with E-state index in [2.05, 4.69) is 170 Å². The summed E-state index contributed by atoms with van der Waals surface area (Å²) in [4.78, 5) is 0. The molecule has 0 aliphatic carbocycles. The molecule has 9 aromatic carbocycles. The van der Waals surface area contributed by atoms with Gasteiger partial charge in [0.15, 0.2) is 0 Å². The van der Waals surface area contributed by atoms with Gasteiger partial charge >= 0.3 is 0 Å². The minimum absolute atomic E-state index is 1.23. The Morgan fingerprint density at radius 1 is 0.260 bits per heavy atom. The summed E-state index contributed by atoms with van der Waals surface area (Å²) < 4.78 is 5.45. The summed E-state index contributed by atoms with van der Waals surface area (Å²) in [5.41, 5.74) is 7.56. The Hall–Kier alpha value is -5.80. The second kappa shape index (κ2) is 10.9. The Kier molecular flexibility index (Phi) is 6.09. The van der Waals surface area contributed by atoms with Gasteiger partial charge < -0.3 is 0 Å². The van der Waals surface area contributed by atoms with E-state index < -0.39 is 0 Å². The molecule has 2 aromatic heterocycles. The van der Waals surface area contributed by atoms with E-state index in [0.717, 1.165) is 0 Å². The first-order valence-corrected chi connectivity index (χ1v) is 18.7. The van der Waals surface area contributed by atoms with E-state index in [9.17, 15) is 0 Å². The molecule has 0 fully saturated rings. The second-order valence-electron chi connectivity index (χ2n) is 13.2. The summed E-state index contributed by atoms with van der Waals surface area (Å²) in [6.45, 7) is 0. The highest BCUT2D eigenvalue weighted by Crippen LogP contribution is 2.51. The van der Waals surface area contributed by atoms with Crippen LogP contribution in [0.3, 0.4) is 0 Å². The van der Waals surface area contributed by atoms with Crippen molar-refractivity contribution in [3.05, 3.63) is 170 Å². The molecule has 0 amide bonds. The molecule has 50 heavy (non-hydrogen) atoms. The first kappa shape index (κ1) is 28.1. The maximum atomic E-state index is 2.46. The number of hydrogen-bond donors (Lipinski definition) is 0. The molecular formula is C48H28S2. The Morgan fingerprint density at radius 2 is 0.700 bits per heavy atom. The van der Waals surface area contributed by atoms with Gasteiger partial charge in [0.2, 0.25) is 0 Å². The molecular weight excluding hydrogens is 641 g/mol. The summed E-state index contributed by atoms with van der Waals surface area (Å²) in [5, 5.41) is 13.3. The summed E-state index contributed by atoms with van der Waals surface area (Å²) >= 11 is 3.87. The molecule has 0 nitrogen and oxygen atoms in total. The smallest absolute Gasteiger partial charge is 0.0441 e. The van der Waals surface area contributed by atoms with Gasteiger partial charge in [0.05, 0.1) is 0 Å². The fourth-order valence-electron chi connectivity index (χ4n) is 8.29. The Bertz CT molecular complexity index is 3080. The van der Waals surface area contributed by atoms with Crippen molar-refractivity contribution in [3.8, 4) is 33.4 Å². The normalized spacial score (nSPS) is 12.0. The second-order valence-corrected chi connectivity index (χ2v) is 15.3. The Balaban J connectivity index is 1.20. The average Bonchev–Trinajstić information content (AvgIpc) is 3.76. The molecule has 11 aromatic rings. The molecule has 2 heterocycles. The highest BCUT2D eigenvalue weighted by atomic mass is 32.1. The molecule has 0 unspecified atom stereocenters. The molecule has 0 atom stereocenters. The number of hydrogen-bond acceptors (Lipinski definition) is 2. The molecule has 232 valence electrons. The fourth-order valence-corrected chi connectivity index (χ4v) is 10.8. The van der Waals surface area contributed by atoms with Crippen molar-refractivity contribution in [3.63, 3.8) is 0 Å². The van der Waals surface area contributed by atoms with Gasteiger partial charge in [-0.15, -0.1) is 22.7 Å². The topological polar surface area (TPSA) is 0 Å². The van der Waals surface area contributed by atoms with Crippen molar-refractivity contribution in [2.24, 2.45) is 0 Å². The van der Waals surface area contributed by atoms with Crippen LogP contribution >= 0.6 is 22.7 Å².